The molecule has 0 unspecified atom stereocenters. The largest absolute Gasteiger partial charge is 0.256 e. The molecular formula is C10H9N2O2S. The summed E-state index contributed by atoms with van der Waals surface area (Å²) in [4.78, 5) is 0.100. The summed E-state index contributed by atoms with van der Waals surface area (Å²) in [6.45, 7) is 0. The van der Waals surface area contributed by atoms with E-state index >= 15 is 0 Å². The molecule has 1 radical (unpaired) electrons. The fraction of sp³-hybridized carbons (Fsp3) is 0. The summed E-state index contributed by atoms with van der Waals surface area (Å²) in [6, 6.07) is 6.40. The predicted octanol–water partition coefficient (Wildman–Crippen LogP) is 0.807. The molecule has 2 rings (SSSR count). The lowest BCUT2D eigenvalue weighted by Gasteiger charge is -2.03. The molecule has 0 fully saturated rings. The van der Waals surface area contributed by atoms with Gasteiger partial charge < -0.3 is 0 Å². The van der Waals surface area contributed by atoms with Crippen LogP contribution in [0.4, 0.5) is 0 Å². The molecule has 1 aromatic rings. The first-order valence-corrected chi connectivity index (χ1v) is 5.83. The molecule has 0 spiro atoms. The van der Waals surface area contributed by atoms with E-state index in [-0.39, 0.29) is 4.90 Å². The molecule has 1 aliphatic rings. The molecule has 0 saturated heterocycles. The Hall–Kier alpha value is -1.59. The van der Waals surface area contributed by atoms with Gasteiger partial charge in [-0.2, -0.15) is 0 Å². The Bertz CT molecular complexity index is 544. The average Bonchev–Trinajstić information content (AvgIpc) is 2.69. The zero-order chi connectivity index (χ0) is 10.9. The van der Waals surface area contributed by atoms with Crippen LogP contribution in [0.3, 0.4) is 0 Å². The maximum Gasteiger partial charge on any atom is 0.238 e. The third kappa shape index (κ3) is 2.08. The van der Waals surface area contributed by atoms with Gasteiger partial charge in [-0.1, -0.05) is 12.1 Å². The Morgan fingerprint density at radius 1 is 1.27 bits per heavy atom. The van der Waals surface area contributed by atoms with Crippen molar-refractivity contribution in [1.82, 2.24) is 5.32 Å². The molecule has 0 amide bonds. The summed E-state index contributed by atoms with van der Waals surface area (Å²) in [7, 11) is -3.64. The monoisotopic (exact) mass is 221 g/mol. The Balaban J connectivity index is 2.44. The van der Waals surface area contributed by atoms with Gasteiger partial charge in [-0.05, 0) is 24.3 Å². The highest BCUT2D eigenvalue weighted by molar-refractivity contribution is 7.89. The summed E-state index contributed by atoms with van der Waals surface area (Å²) < 4.78 is 22.2. The van der Waals surface area contributed by atoms with Crippen LogP contribution in [-0.2, 0) is 10.0 Å². The molecular weight excluding hydrogens is 212 g/mol. The minimum atomic E-state index is -3.64. The van der Waals surface area contributed by atoms with Crippen LogP contribution in [0.1, 0.15) is 5.56 Å². The molecule has 0 bridgehead atoms. The molecule has 0 saturated carbocycles. The second kappa shape index (κ2) is 3.52. The van der Waals surface area contributed by atoms with Gasteiger partial charge in [0.15, 0.2) is 0 Å². The average molecular weight is 221 g/mol. The highest BCUT2D eigenvalue weighted by atomic mass is 32.2. The normalized spacial score (nSPS) is 14.9. The van der Waals surface area contributed by atoms with Gasteiger partial charge in [0.05, 0.1) is 10.6 Å². The third-order valence-corrected chi connectivity index (χ3v) is 2.92. The highest BCUT2D eigenvalue weighted by Gasteiger charge is 2.10. The van der Waals surface area contributed by atoms with Crippen LogP contribution < -0.4 is 10.5 Å². The van der Waals surface area contributed by atoms with Crippen molar-refractivity contribution in [3.05, 3.63) is 48.2 Å². The van der Waals surface area contributed by atoms with E-state index in [0.29, 0.717) is 0 Å². The summed E-state index contributed by atoms with van der Waals surface area (Å²) in [5.74, 6) is 0. The number of rotatable bonds is 2. The minimum Gasteiger partial charge on any atom is -0.256 e. The van der Waals surface area contributed by atoms with E-state index in [4.69, 9.17) is 5.14 Å². The van der Waals surface area contributed by atoms with Gasteiger partial charge in [-0.3, -0.25) is 5.32 Å². The van der Waals surface area contributed by atoms with Crippen LogP contribution in [0.25, 0.3) is 5.70 Å². The van der Waals surface area contributed by atoms with Crippen molar-refractivity contribution in [1.29, 1.82) is 0 Å². The Labute approximate surface area is 88.2 Å². The second-order valence-corrected chi connectivity index (χ2v) is 4.66. The molecule has 15 heavy (non-hydrogen) atoms. The van der Waals surface area contributed by atoms with Gasteiger partial charge in [0, 0.05) is 11.8 Å². The zero-order valence-electron chi connectivity index (χ0n) is 7.79. The maximum absolute atomic E-state index is 11.1. The van der Waals surface area contributed by atoms with Crippen molar-refractivity contribution < 1.29 is 8.42 Å². The van der Waals surface area contributed by atoms with Gasteiger partial charge in [-0.15, -0.1) is 0 Å². The first-order chi connectivity index (χ1) is 7.07. The van der Waals surface area contributed by atoms with Crippen LogP contribution in [0.15, 0.2) is 47.5 Å². The van der Waals surface area contributed by atoms with Gasteiger partial charge in [0.2, 0.25) is 10.0 Å². The lowest BCUT2D eigenvalue weighted by atomic mass is 10.1. The quantitative estimate of drug-likeness (QED) is 0.802. The van der Waals surface area contributed by atoms with Crippen molar-refractivity contribution in [2.45, 2.75) is 4.90 Å². The number of hydrogen-bond acceptors (Lipinski definition) is 2. The summed E-state index contributed by atoms with van der Waals surface area (Å²) in [5, 5.41) is 9.10. The van der Waals surface area contributed by atoms with Crippen LogP contribution in [0, 0.1) is 0 Å². The molecule has 0 aliphatic carbocycles. The molecule has 1 heterocycles. The molecule has 0 atom stereocenters. The van der Waals surface area contributed by atoms with Gasteiger partial charge >= 0.3 is 0 Å². The predicted molar refractivity (Wildman–Crippen MR) is 57.1 cm³/mol. The maximum atomic E-state index is 11.1. The van der Waals surface area contributed by atoms with Crippen molar-refractivity contribution >= 4 is 15.7 Å². The number of sulfonamides is 1. The number of nitrogens with two attached hydrogens (primary N) is 1. The fourth-order valence-corrected chi connectivity index (χ4v) is 1.86. The lowest BCUT2D eigenvalue weighted by molar-refractivity contribution is 0.598. The van der Waals surface area contributed by atoms with Gasteiger partial charge in [-0.25, -0.2) is 13.6 Å². The molecule has 1 aliphatic heterocycles. The van der Waals surface area contributed by atoms with Gasteiger partial charge in [0.25, 0.3) is 0 Å². The summed E-state index contributed by atoms with van der Waals surface area (Å²) in [6.07, 6.45) is 5.25. The number of primary sulfonamides is 1. The van der Waals surface area contributed by atoms with E-state index in [1.54, 1.807) is 24.4 Å². The fourth-order valence-electron chi connectivity index (χ4n) is 1.30. The standard InChI is InChI=1S/C10H9N2O2S/c11-15(13,14)9-4-1-3-8(7-9)10-5-2-6-12-10/h1-7H,(H2,11,13,14). The van der Waals surface area contributed by atoms with E-state index in [1.807, 2.05) is 6.08 Å². The van der Waals surface area contributed by atoms with Crippen molar-refractivity contribution in [3.8, 4) is 0 Å². The van der Waals surface area contributed by atoms with Crippen molar-refractivity contribution in [2.75, 3.05) is 0 Å². The zero-order valence-corrected chi connectivity index (χ0v) is 8.61. The Kier molecular flexibility index (Phi) is 2.34. The summed E-state index contributed by atoms with van der Waals surface area (Å²) >= 11 is 0. The van der Waals surface area contributed by atoms with E-state index in [1.165, 1.54) is 12.1 Å². The molecule has 4 nitrogen and oxygen atoms in total. The molecule has 77 valence electrons. The van der Waals surface area contributed by atoms with E-state index in [9.17, 15) is 8.42 Å². The van der Waals surface area contributed by atoms with E-state index in [2.05, 4.69) is 5.32 Å². The second-order valence-electron chi connectivity index (χ2n) is 3.10. The lowest BCUT2D eigenvalue weighted by Crippen LogP contribution is -2.12. The molecule has 2 N–H and O–H groups in total. The van der Waals surface area contributed by atoms with Gasteiger partial charge in [0.1, 0.15) is 0 Å². The number of allylic oxidation sites excluding steroid dienone is 2. The number of nitrogens with zero attached hydrogens (tertiary/aromatic N) is 1. The van der Waals surface area contributed by atoms with E-state index < -0.39 is 10.0 Å². The number of benzene rings is 1. The Morgan fingerprint density at radius 3 is 2.67 bits per heavy atom. The Morgan fingerprint density at radius 2 is 2.07 bits per heavy atom. The van der Waals surface area contributed by atoms with Crippen molar-refractivity contribution in [2.24, 2.45) is 5.14 Å². The van der Waals surface area contributed by atoms with Crippen molar-refractivity contribution in [3.63, 3.8) is 0 Å². The van der Waals surface area contributed by atoms with Crippen LogP contribution >= 0.6 is 0 Å². The topological polar surface area (TPSA) is 74.3 Å². The molecule has 1 aromatic carbocycles. The first-order valence-electron chi connectivity index (χ1n) is 4.28. The van der Waals surface area contributed by atoms with Crippen LogP contribution in [-0.4, -0.2) is 8.42 Å². The highest BCUT2D eigenvalue weighted by Crippen LogP contribution is 2.19. The third-order valence-electron chi connectivity index (χ3n) is 2.01. The van der Waals surface area contributed by atoms with Crippen LogP contribution in [0.5, 0.6) is 0 Å². The first kappa shape index (κ1) is 9.95. The smallest absolute Gasteiger partial charge is 0.238 e. The molecule has 5 heteroatoms. The number of hydrogen-bond donors (Lipinski definition) is 1. The minimum absolute atomic E-state index is 0.100. The summed E-state index contributed by atoms with van der Waals surface area (Å²) in [5.41, 5.74) is 1.48. The van der Waals surface area contributed by atoms with E-state index in [0.717, 1.165) is 11.3 Å². The molecule has 0 aromatic heterocycles. The van der Waals surface area contributed by atoms with Crippen LogP contribution in [0.2, 0.25) is 0 Å². The SMILES string of the molecule is NS(=O)(=O)c1cccc(C2=CC=C[N]2)c1.